The molecule has 2 unspecified atom stereocenters. The minimum Gasteiger partial charge on any atom is -0.497 e. The van der Waals surface area contributed by atoms with E-state index in [1.165, 1.54) is 0 Å². The lowest BCUT2D eigenvalue weighted by Crippen LogP contribution is -2.37. The van der Waals surface area contributed by atoms with Crippen LogP contribution in [-0.2, 0) is 9.59 Å². The number of likely N-dealkylation sites (tertiary alicyclic amines) is 1. The Kier molecular flexibility index (Phi) is 6.23. The molecule has 0 spiro atoms. The highest BCUT2D eigenvalue weighted by molar-refractivity contribution is 5.83. The van der Waals surface area contributed by atoms with E-state index in [9.17, 15) is 9.59 Å². The summed E-state index contributed by atoms with van der Waals surface area (Å²) in [4.78, 5) is 26.6. The fourth-order valence-corrected chi connectivity index (χ4v) is 3.12. The minimum atomic E-state index is -0.201. The van der Waals surface area contributed by atoms with Gasteiger partial charge >= 0.3 is 0 Å². The average molecular weight is 332 g/mol. The molecule has 2 amide bonds. The summed E-state index contributed by atoms with van der Waals surface area (Å²) in [6.45, 7) is 7.75. The van der Waals surface area contributed by atoms with Gasteiger partial charge < -0.3 is 15.0 Å². The van der Waals surface area contributed by atoms with Crippen molar-refractivity contribution in [1.82, 2.24) is 10.2 Å². The Morgan fingerprint density at radius 3 is 2.46 bits per heavy atom. The number of ether oxygens (including phenoxy) is 1. The van der Waals surface area contributed by atoms with Gasteiger partial charge in [-0.2, -0.15) is 0 Å². The van der Waals surface area contributed by atoms with Crippen LogP contribution in [0.15, 0.2) is 24.3 Å². The van der Waals surface area contributed by atoms with Crippen molar-refractivity contribution in [2.45, 2.75) is 33.1 Å². The first-order valence-corrected chi connectivity index (χ1v) is 8.65. The fourth-order valence-electron chi connectivity index (χ4n) is 3.12. The largest absolute Gasteiger partial charge is 0.497 e. The number of benzene rings is 1. The van der Waals surface area contributed by atoms with E-state index in [-0.39, 0.29) is 23.7 Å². The third-order valence-corrected chi connectivity index (χ3v) is 4.54. The molecule has 0 radical (unpaired) electrons. The normalized spacial score (nSPS) is 20.3. The topological polar surface area (TPSA) is 58.6 Å². The molecule has 1 N–H and O–H groups in total. The molecule has 1 aliphatic rings. The van der Waals surface area contributed by atoms with Crippen LogP contribution in [0.3, 0.4) is 0 Å². The summed E-state index contributed by atoms with van der Waals surface area (Å²) in [5.74, 6) is 1.16. The zero-order chi connectivity index (χ0) is 17.7. The molecule has 1 heterocycles. The van der Waals surface area contributed by atoms with Crippen LogP contribution < -0.4 is 10.1 Å². The van der Waals surface area contributed by atoms with Gasteiger partial charge in [0.1, 0.15) is 5.75 Å². The zero-order valence-corrected chi connectivity index (χ0v) is 15.0. The number of hydrogen-bond acceptors (Lipinski definition) is 3. The summed E-state index contributed by atoms with van der Waals surface area (Å²) in [7, 11) is 1.63. The molecule has 5 nitrogen and oxygen atoms in total. The predicted octanol–water partition coefficient (Wildman–Crippen LogP) is 2.42. The Hall–Kier alpha value is -2.04. The van der Waals surface area contributed by atoms with E-state index in [0.29, 0.717) is 32.0 Å². The van der Waals surface area contributed by atoms with Crippen molar-refractivity contribution in [2.24, 2.45) is 11.8 Å². The second-order valence-electron chi connectivity index (χ2n) is 6.78. The van der Waals surface area contributed by atoms with Gasteiger partial charge in [0.2, 0.25) is 11.8 Å². The van der Waals surface area contributed by atoms with Gasteiger partial charge in [0, 0.05) is 32.0 Å². The van der Waals surface area contributed by atoms with Gasteiger partial charge in [0.05, 0.1) is 13.0 Å². The van der Waals surface area contributed by atoms with Gasteiger partial charge in [-0.25, -0.2) is 0 Å². The van der Waals surface area contributed by atoms with Crippen LogP contribution in [0.2, 0.25) is 0 Å². The van der Waals surface area contributed by atoms with Crippen molar-refractivity contribution in [3.63, 3.8) is 0 Å². The SMILES string of the molecule is CCC(=O)N1CC(C(=O)NCC(C)C)C(c2ccc(OC)cc2)C1. The number of amides is 2. The van der Waals surface area contributed by atoms with E-state index in [0.717, 1.165) is 11.3 Å². The molecule has 1 aromatic carbocycles. The molecule has 1 saturated heterocycles. The van der Waals surface area contributed by atoms with Crippen LogP contribution >= 0.6 is 0 Å². The van der Waals surface area contributed by atoms with E-state index in [1.807, 2.05) is 36.1 Å². The van der Waals surface area contributed by atoms with Crippen molar-refractivity contribution in [3.05, 3.63) is 29.8 Å². The van der Waals surface area contributed by atoms with Crippen LogP contribution in [0.25, 0.3) is 0 Å². The first-order chi connectivity index (χ1) is 11.5. The number of nitrogens with one attached hydrogen (secondary N) is 1. The highest BCUT2D eigenvalue weighted by Gasteiger charge is 2.39. The summed E-state index contributed by atoms with van der Waals surface area (Å²) < 4.78 is 5.20. The van der Waals surface area contributed by atoms with Crippen molar-refractivity contribution >= 4 is 11.8 Å². The van der Waals surface area contributed by atoms with E-state index >= 15 is 0 Å². The van der Waals surface area contributed by atoms with Gasteiger partial charge in [-0.1, -0.05) is 32.9 Å². The molecule has 5 heteroatoms. The van der Waals surface area contributed by atoms with E-state index in [2.05, 4.69) is 19.2 Å². The maximum atomic E-state index is 12.6. The van der Waals surface area contributed by atoms with Crippen LogP contribution in [-0.4, -0.2) is 43.5 Å². The van der Waals surface area contributed by atoms with Crippen molar-refractivity contribution in [3.8, 4) is 5.75 Å². The van der Waals surface area contributed by atoms with Gasteiger partial charge in [0.15, 0.2) is 0 Å². The maximum Gasteiger partial charge on any atom is 0.225 e. The lowest BCUT2D eigenvalue weighted by molar-refractivity contribution is -0.130. The highest BCUT2D eigenvalue weighted by Crippen LogP contribution is 2.34. The Bertz CT molecular complexity index is 568. The smallest absolute Gasteiger partial charge is 0.225 e. The number of nitrogens with zero attached hydrogens (tertiary/aromatic N) is 1. The first kappa shape index (κ1) is 18.3. The second-order valence-corrected chi connectivity index (χ2v) is 6.78. The summed E-state index contributed by atoms with van der Waals surface area (Å²) in [6, 6.07) is 7.80. The first-order valence-electron chi connectivity index (χ1n) is 8.65. The third kappa shape index (κ3) is 4.28. The number of methoxy groups -OCH3 is 1. The van der Waals surface area contributed by atoms with Gasteiger partial charge in [0.25, 0.3) is 0 Å². The van der Waals surface area contributed by atoms with E-state index < -0.39 is 0 Å². The lowest BCUT2D eigenvalue weighted by Gasteiger charge is -2.19. The second kappa shape index (κ2) is 8.18. The monoisotopic (exact) mass is 332 g/mol. The van der Waals surface area contributed by atoms with Crippen LogP contribution in [0.1, 0.15) is 38.7 Å². The average Bonchev–Trinajstić information content (AvgIpc) is 3.04. The molecular weight excluding hydrogens is 304 g/mol. The number of carbonyl (C=O) groups excluding carboxylic acids is 2. The van der Waals surface area contributed by atoms with Gasteiger partial charge in [-0.15, -0.1) is 0 Å². The minimum absolute atomic E-state index is 0.0265. The van der Waals surface area contributed by atoms with Gasteiger partial charge in [-0.3, -0.25) is 9.59 Å². The maximum absolute atomic E-state index is 12.6. The molecular formula is C19H28N2O3. The Morgan fingerprint density at radius 1 is 1.25 bits per heavy atom. The van der Waals surface area contributed by atoms with Crippen LogP contribution in [0, 0.1) is 11.8 Å². The number of rotatable bonds is 6. The van der Waals surface area contributed by atoms with Crippen molar-refractivity contribution in [1.29, 1.82) is 0 Å². The lowest BCUT2D eigenvalue weighted by atomic mass is 9.88. The third-order valence-electron chi connectivity index (χ3n) is 4.54. The summed E-state index contributed by atoms with van der Waals surface area (Å²) in [5.41, 5.74) is 1.08. The van der Waals surface area contributed by atoms with E-state index in [1.54, 1.807) is 7.11 Å². The van der Waals surface area contributed by atoms with Crippen LogP contribution in [0.4, 0.5) is 0 Å². The summed E-state index contributed by atoms with van der Waals surface area (Å²) >= 11 is 0. The summed E-state index contributed by atoms with van der Waals surface area (Å²) in [5, 5.41) is 3.02. The highest BCUT2D eigenvalue weighted by atomic mass is 16.5. The molecule has 132 valence electrons. The molecule has 2 atom stereocenters. The quantitative estimate of drug-likeness (QED) is 0.870. The molecule has 0 bridgehead atoms. The van der Waals surface area contributed by atoms with Crippen molar-refractivity contribution < 1.29 is 14.3 Å². The molecule has 0 aliphatic carbocycles. The zero-order valence-electron chi connectivity index (χ0n) is 15.0. The fraction of sp³-hybridized carbons (Fsp3) is 0.579. The number of carbonyl (C=O) groups is 2. The van der Waals surface area contributed by atoms with Crippen molar-refractivity contribution in [2.75, 3.05) is 26.7 Å². The molecule has 24 heavy (non-hydrogen) atoms. The standard InChI is InChI=1S/C19H28N2O3/c1-5-18(22)21-11-16(14-6-8-15(24-4)9-7-14)17(12-21)19(23)20-10-13(2)3/h6-9,13,16-17H,5,10-12H2,1-4H3,(H,20,23). The molecule has 1 fully saturated rings. The Morgan fingerprint density at radius 2 is 1.92 bits per heavy atom. The summed E-state index contributed by atoms with van der Waals surface area (Å²) in [6.07, 6.45) is 0.468. The molecule has 2 rings (SSSR count). The molecule has 0 saturated carbocycles. The molecule has 0 aromatic heterocycles. The predicted molar refractivity (Wildman–Crippen MR) is 93.9 cm³/mol. The van der Waals surface area contributed by atoms with Gasteiger partial charge in [-0.05, 0) is 23.6 Å². The van der Waals surface area contributed by atoms with Crippen LogP contribution in [0.5, 0.6) is 5.75 Å². The van der Waals surface area contributed by atoms with E-state index in [4.69, 9.17) is 4.74 Å². The molecule has 1 aliphatic heterocycles. The Labute approximate surface area is 144 Å². The Balaban J connectivity index is 2.19. The number of hydrogen-bond donors (Lipinski definition) is 1. The molecule has 1 aromatic rings.